The number of hydrogen-bond donors (Lipinski definition) is 9. The molecule has 0 aliphatic carbocycles. The number of hydrogen-bond acceptors (Lipinski definition) is 9. The molecule has 12 N–H and O–H groups in total. The van der Waals surface area contributed by atoms with Crippen LogP contribution in [0.5, 0.6) is 0 Å². The molecule has 1 aliphatic heterocycles. The summed E-state index contributed by atoms with van der Waals surface area (Å²) in [5, 5.41) is 13.3. The van der Waals surface area contributed by atoms with Crippen molar-refractivity contribution in [2.45, 2.75) is 83.5 Å². The summed E-state index contributed by atoms with van der Waals surface area (Å²) in [6.07, 6.45) is 0.817. The highest BCUT2D eigenvalue weighted by atomic mass is 16.2. The number of likely N-dealkylation sites (tertiary alicyclic amines) is 1. The van der Waals surface area contributed by atoms with Crippen LogP contribution in [0.2, 0.25) is 0 Å². The molecule has 0 saturated carbocycles. The van der Waals surface area contributed by atoms with Crippen LogP contribution >= 0.6 is 0 Å². The highest BCUT2D eigenvalue weighted by molar-refractivity contribution is 5.96. The minimum absolute atomic E-state index is 0.00949. The molecule has 1 fully saturated rings. The van der Waals surface area contributed by atoms with Gasteiger partial charge < -0.3 is 54.0 Å². The molecule has 0 aromatic carbocycles. The topological polar surface area (TPSA) is 302 Å². The van der Waals surface area contributed by atoms with Crippen molar-refractivity contribution < 1.29 is 45.2 Å². The van der Waals surface area contributed by atoms with Crippen LogP contribution in [0, 0.1) is 0 Å². The fourth-order valence-corrected chi connectivity index (χ4v) is 4.05. The molecule has 8 amide bonds. The number of rotatable bonds is 17. The van der Waals surface area contributed by atoms with E-state index in [4.69, 9.17) is 24.1 Å². The van der Waals surface area contributed by atoms with E-state index >= 15 is 0 Å². The van der Waals surface area contributed by atoms with Gasteiger partial charge in [0.2, 0.25) is 47.3 Å². The normalized spacial score (nSPS) is 18.8. The molecule has 0 aromatic rings. The summed E-state index contributed by atoms with van der Waals surface area (Å²) in [7, 11) is 0. The van der Waals surface area contributed by atoms with Crippen LogP contribution in [0.3, 0.4) is 0 Å². The number of guanidine groups is 1. The van der Waals surface area contributed by atoms with Gasteiger partial charge in [-0.15, -0.1) is 0 Å². The Morgan fingerprint density at radius 2 is 1.44 bits per heavy atom. The standard InChI is InChI=1S/C26H45N11O8/c1-13(21(41)32-11-19(27)39)33-22(42)14(2)34-23(43)15(3)35-24(44)17(7-5-9-30-26(28)29)36-25(45)18-8-6-10-37(18)20(40)12-31-16(4)38/h13-15,17-18H,5-12H2,1-4H3,(H2,27,39)(H,31,38)(H,32,41)(H,33,42)(H,34,43)(H,35,44)(H,36,45)(H4,28,29,30)/t13-,14-,15-,17-,18-/m0/s1/i4D3,11D2. The third-order valence-electron chi connectivity index (χ3n) is 6.42. The summed E-state index contributed by atoms with van der Waals surface area (Å²) >= 11 is 0. The van der Waals surface area contributed by atoms with Crippen LogP contribution in [0.25, 0.3) is 0 Å². The van der Waals surface area contributed by atoms with Crippen molar-refractivity contribution in [2.75, 3.05) is 26.1 Å². The first-order valence-electron chi connectivity index (χ1n) is 16.4. The van der Waals surface area contributed by atoms with Gasteiger partial charge >= 0.3 is 0 Å². The fourth-order valence-electron chi connectivity index (χ4n) is 4.05. The minimum Gasteiger partial charge on any atom is -0.370 e. The molecule has 0 radical (unpaired) electrons. The number of nitrogens with zero attached hydrogens (tertiary/aromatic N) is 2. The van der Waals surface area contributed by atoms with Gasteiger partial charge in [-0.05, 0) is 46.5 Å². The summed E-state index contributed by atoms with van der Waals surface area (Å²) in [5.74, 6) is -7.99. The van der Waals surface area contributed by atoms with Gasteiger partial charge in [-0.1, -0.05) is 0 Å². The van der Waals surface area contributed by atoms with Gasteiger partial charge in [0.15, 0.2) is 5.96 Å². The zero-order chi connectivity index (χ0) is 38.6. The lowest BCUT2D eigenvalue weighted by Crippen LogP contribution is -2.58. The smallest absolute Gasteiger partial charge is 0.243 e. The predicted molar refractivity (Wildman–Crippen MR) is 160 cm³/mol. The first-order chi connectivity index (χ1) is 23.0. The monoisotopic (exact) mass is 644 g/mol. The summed E-state index contributed by atoms with van der Waals surface area (Å²) in [5.41, 5.74) is 15.6. The van der Waals surface area contributed by atoms with Crippen molar-refractivity contribution in [3.8, 4) is 0 Å². The lowest BCUT2D eigenvalue weighted by atomic mass is 10.1. The molecule has 0 bridgehead atoms. The van der Waals surface area contributed by atoms with E-state index in [1.807, 2.05) is 5.32 Å². The lowest BCUT2D eigenvalue weighted by Gasteiger charge is -2.27. The van der Waals surface area contributed by atoms with Crippen LogP contribution in [0.15, 0.2) is 4.99 Å². The second-order valence-corrected chi connectivity index (χ2v) is 10.1. The van der Waals surface area contributed by atoms with Crippen molar-refractivity contribution in [1.82, 2.24) is 36.8 Å². The number of primary amides is 1. The van der Waals surface area contributed by atoms with E-state index in [9.17, 15) is 38.4 Å². The van der Waals surface area contributed by atoms with Gasteiger partial charge in [-0.25, -0.2) is 0 Å². The fraction of sp³-hybridized carbons (Fsp3) is 0.654. The molecule has 1 rings (SSSR count). The lowest BCUT2D eigenvalue weighted by molar-refractivity contribution is -0.139. The van der Waals surface area contributed by atoms with Crippen LogP contribution < -0.4 is 49.1 Å². The van der Waals surface area contributed by atoms with Crippen LogP contribution in [-0.4, -0.2) is 114 Å². The third-order valence-corrected chi connectivity index (χ3v) is 6.42. The van der Waals surface area contributed by atoms with E-state index in [1.165, 1.54) is 20.8 Å². The Hall–Kier alpha value is -4.97. The maximum absolute atomic E-state index is 13.3. The molecule has 19 heteroatoms. The highest BCUT2D eigenvalue weighted by Crippen LogP contribution is 2.18. The van der Waals surface area contributed by atoms with Crippen molar-refractivity contribution in [1.29, 1.82) is 0 Å². The third kappa shape index (κ3) is 13.9. The Balaban J connectivity index is 2.90. The maximum Gasteiger partial charge on any atom is 0.243 e. The van der Waals surface area contributed by atoms with Crippen LogP contribution in [-0.2, 0) is 38.4 Å². The Bertz CT molecular complexity index is 1340. The van der Waals surface area contributed by atoms with E-state index in [-0.39, 0.29) is 38.3 Å². The van der Waals surface area contributed by atoms with Gasteiger partial charge in [0, 0.05) is 24.1 Å². The molecule has 1 heterocycles. The Morgan fingerprint density at radius 1 is 0.867 bits per heavy atom. The Kier molecular flexibility index (Phi) is 12.5. The van der Waals surface area contributed by atoms with E-state index in [1.54, 1.807) is 5.32 Å². The molecule has 45 heavy (non-hydrogen) atoms. The number of nitrogens with two attached hydrogens (primary N) is 3. The van der Waals surface area contributed by atoms with Crippen molar-refractivity contribution in [3.05, 3.63) is 0 Å². The summed E-state index contributed by atoms with van der Waals surface area (Å²) < 4.78 is 36.1. The number of amides is 8. The van der Waals surface area contributed by atoms with E-state index in [0.29, 0.717) is 6.42 Å². The minimum atomic E-state index is -2.97. The maximum atomic E-state index is 13.3. The number of carbonyl (C=O) groups is 8. The average molecular weight is 645 g/mol. The molecule has 1 saturated heterocycles. The molecule has 19 nitrogen and oxygen atoms in total. The zero-order valence-corrected chi connectivity index (χ0v) is 25.2. The number of nitrogens with one attached hydrogen (secondary N) is 6. The Morgan fingerprint density at radius 3 is 2.00 bits per heavy atom. The number of aliphatic imine (C=N–C) groups is 1. The second kappa shape index (κ2) is 18.6. The summed E-state index contributed by atoms with van der Waals surface area (Å²) in [6, 6.07) is -6.14. The van der Waals surface area contributed by atoms with Gasteiger partial charge in [0.1, 0.15) is 30.2 Å². The predicted octanol–water partition coefficient (Wildman–Crippen LogP) is -5.23. The quantitative estimate of drug-likeness (QED) is 0.0412. The largest absolute Gasteiger partial charge is 0.370 e. The Labute approximate surface area is 267 Å². The summed E-state index contributed by atoms with van der Waals surface area (Å²) in [6.45, 7) is -2.52. The van der Waals surface area contributed by atoms with Crippen molar-refractivity contribution in [3.63, 3.8) is 0 Å². The van der Waals surface area contributed by atoms with E-state index in [0.717, 1.165) is 4.90 Å². The molecule has 252 valence electrons. The SMILES string of the molecule is [2H]C([2H])([2H])C(=O)NCC(=O)N1CCC[C@H]1C(=O)N[C@@H](CCCN=C(N)N)C(=O)N[C@@H](C)C(=O)N[C@@H](C)C(=O)N[C@@H](C)C(=O)NC([2H])([2H])C(N)=O. The van der Waals surface area contributed by atoms with Crippen molar-refractivity contribution >= 4 is 53.2 Å². The molecular formula is C26H45N11O8. The molecule has 0 spiro atoms. The van der Waals surface area contributed by atoms with Crippen molar-refractivity contribution in [2.24, 2.45) is 22.2 Å². The first-order valence-corrected chi connectivity index (χ1v) is 13.9. The highest BCUT2D eigenvalue weighted by Gasteiger charge is 2.36. The van der Waals surface area contributed by atoms with Crippen LogP contribution in [0.1, 0.15) is 60.2 Å². The average Bonchev–Trinajstić information content (AvgIpc) is 3.50. The summed E-state index contributed by atoms with van der Waals surface area (Å²) in [4.78, 5) is 105. The van der Waals surface area contributed by atoms with Crippen LogP contribution in [0.4, 0.5) is 0 Å². The molecular weight excluding hydrogens is 594 g/mol. The zero-order valence-electron chi connectivity index (χ0n) is 30.2. The van der Waals surface area contributed by atoms with Gasteiger partial charge in [-0.3, -0.25) is 43.3 Å². The molecule has 5 atom stereocenters. The first kappa shape index (κ1) is 30.1. The van der Waals surface area contributed by atoms with E-state index < -0.39 is 97.4 Å². The van der Waals surface area contributed by atoms with Gasteiger partial charge in [0.05, 0.1) is 15.8 Å². The van der Waals surface area contributed by atoms with Gasteiger partial charge in [-0.2, -0.15) is 0 Å². The molecule has 0 aromatic heterocycles. The van der Waals surface area contributed by atoms with E-state index in [2.05, 4.69) is 26.3 Å². The molecule has 0 unspecified atom stereocenters. The number of carbonyl (C=O) groups excluding carboxylic acids is 8. The second-order valence-electron chi connectivity index (χ2n) is 10.1. The molecule has 1 aliphatic rings. The van der Waals surface area contributed by atoms with Gasteiger partial charge in [0.25, 0.3) is 0 Å².